The van der Waals surface area contributed by atoms with Crippen LogP contribution in [0.2, 0.25) is 0 Å². The van der Waals surface area contributed by atoms with Crippen molar-refractivity contribution in [1.29, 1.82) is 0 Å². The van der Waals surface area contributed by atoms with Gasteiger partial charge < -0.3 is 20.0 Å². The first kappa shape index (κ1) is 11.9. The zero-order valence-corrected chi connectivity index (χ0v) is 11.4. The highest BCUT2D eigenvalue weighted by molar-refractivity contribution is 5.23. The fourth-order valence-electron chi connectivity index (χ4n) is 4.85. The molecule has 0 radical (unpaired) electrons. The SMILES string of the molecule is NCCC1C2CN3CCN(C2)CC1(c1ccco1)C3. The third-order valence-electron chi connectivity index (χ3n) is 5.50. The molecule has 4 bridgehead atoms. The third kappa shape index (κ3) is 1.70. The summed E-state index contributed by atoms with van der Waals surface area (Å²) in [5, 5.41) is 0. The number of rotatable bonds is 3. The van der Waals surface area contributed by atoms with Gasteiger partial charge in [-0.25, -0.2) is 0 Å². The van der Waals surface area contributed by atoms with Gasteiger partial charge in [0, 0.05) is 39.3 Å². The molecule has 5 heterocycles. The molecule has 104 valence electrons. The topological polar surface area (TPSA) is 45.6 Å². The molecule has 0 aromatic carbocycles. The normalized spacial score (nSPS) is 44.5. The Morgan fingerprint density at radius 1 is 1.26 bits per heavy atom. The predicted molar refractivity (Wildman–Crippen MR) is 73.9 cm³/mol. The van der Waals surface area contributed by atoms with Crippen molar-refractivity contribution in [2.75, 3.05) is 45.8 Å². The van der Waals surface area contributed by atoms with Crippen LogP contribution >= 0.6 is 0 Å². The van der Waals surface area contributed by atoms with Gasteiger partial charge >= 0.3 is 0 Å². The number of nitrogens with two attached hydrogens (primary N) is 1. The molecule has 4 aliphatic rings. The van der Waals surface area contributed by atoms with E-state index in [4.69, 9.17) is 10.2 Å². The van der Waals surface area contributed by atoms with E-state index in [1.807, 2.05) is 12.3 Å². The summed E-state index contributed by atoms with van der Waals surface area (Å²) in [6, 6.07) is 4.22. The molecule has 19 heavy (non-hydrogen) atoms. The average molecular weight is 261 g/mol. The first-order valence-electron chi connectivity index (χ1n) is 7.50. The van der Waals surface area contributed by atoms with Crippen molar-refractivity contribution in [3.63, 3.8) is 0 Å². The number of nitrogens with zero attached hydrogens (tertiary/aromatic N) is 2. The Balaban J connectivity index is 1.79. The molecule has 4 fully saturated rings. The Labute approximate surface area is 114 Å². The molecule has 1 aromatic heterocycles. The average Bonchev–Trinajstić information content (AvgIpc) is 2.82. The second-order valence-electron chi connectivity index (χ2n) is 6.55. The molecule has 4 heteroatoms. The summed E-state index contributed by atoms with van der Waals surface area (Å²) in [6.07, 6.45) is 2.96. The number of fused-ring (bicyclic) bond motifs is 1. The van der Waals surface area contributed by atoms with E-state index in [1.54, 1.807) is 0 Å². The largest absolute Gasteiger partial charge is 0.469 e. The summed E-state index contributed by atoms with van der Waals surface area (Å²) >= 11 is 0. The summed E-state index contributed by atoms with van der Waals surface area (Å²) in [4.78, 5) is 5.29. The van der Waals surface area contributed by atoms with E-state index in [1.165, 1.54) is 31.9 Å². The molecule has 0 aliphatic carbocycles. The summed E-state index contributed by atoms with van der Waals surface area (Å²) in [6.45, 7) is 8.04. The van der Waals surface area contributed by atoms with Gasteiger partial charge in [-0.15, -0.1) is 0 Å². The summed E-state index contributed by atoms with van der Waals surface area (Å²) in [5.41, 5.74) is 6.08. The lowest BCUT2D eigenvalue weighted by Crippen LogP contribution is -2.63. The minimum Gasteiger partial charge on any atom is -0.469 e. The van der Waals surface area contributed by atoms with Crippen molar-refractivity contribution in [1.82, 2.24) is 9.80 Å². The molecule has 0 saturated carbocycles. The maximum Gasteiger partial charge on any atom is 0.112 e. The highest BCUT2D eigenvalue weighted by atomic mass is 16.3. The summed E-state index contributed by atoms with van der Waals surface area (Å²) in [5.74, 6) is 2.64. The molecule has 3 unspecified atom stereocenters. The molecule has 0 spiro atoms. The van der Waals surface area contributed by atoms with Crippen LogP contribution in [0, 0.1) is 11.8 Å². The standard InChI is InChI=1S/C15H23N3O/c16-4-3-13-12-8-17-5-6-18(9-12)11-15(13,10-17)14-2-1-7-19-14/h1-2,7,12-13H,3-6,8-11,16H2. The van der Waals surface area contributed by atoms with Crippen LogP contribution in [-0.2, 0) is 5.41 Å². The van der Waals surface area contributed by atoms with E-state index in [0.717, 1.165) is 32.0 Å². The minimum atomic E-state index is 0.181. The second-order valence-corrected chi connectivity index (χ2v) is 6.55. The van der Waals surface area contributed by atoms with Crippen LogP contribution in [0.1, 0.15) is 12.2 Å². The van der Waals surface area contributed by atoms with Gasteiger partial charge in [0.05, 0.1) is 11.7 Å². The molecule has 4 aliphatic heterocycles. The van der Waals surface area contributed by atoms with Gasteiger partial charge in [0.15, 0.2) is 0 Å². The maximum atomic E-state index is 5.90. The first-order chi connectivity index (χ1) is 9.32. The zero-order chi connectivity index (χ0) is 12.9. The van der Waals surface area contributed by atoms with Crippen molar-refractivity contribution >= 4 is 0 Å². The smallest absolute Gasteiger partial charge is 0.112 e. The van der Waals surface area contributed by atoms with Crippen LogP contribution in [0.15, 0.2) is 22.8 Å². The van der Waals surface area contributed by atoms with Crippen molar-refractivity contribution in [2.24, 2.45) is 17.6 Å². The quantitative estimate of drug-likeness (QED) is 0.872. The Bertz CT molecular complexity index is 428. The van der Waals surface area contributed by atoms with E-state index in [2.05, 4.69) is 15.9 Å². The molecule has 4 saturated heterocycles. The zero-order valence-electron chi connectivity index (χ0n) is 11.4. The molecule has 3 atom stereocenters. The lowest BCUT2D eigenvalue weighted by molar-refractivity contribution is -0.0206. The van der Waals surface area contributed by atoms with Gasteiger partial charge in [-0.3, -0.25) is 0 Å². The van der Waals surface area contributed by atoms with E-state index in [-0.39, 0.29) is 5.41 Å². The van der Waals surface area contributed by atoms with Crippen LogP contribution < -0.4 is 5.73 Å². The molecular weight excluding hydrogens is 238 g/mol. The fourth-order valence-corrected chi connectivity index (χ4v) is 4.85. The van der Waals surface area contributed by atoms with Crippen LogP contribution in [0.3, 0.4) is 0 Å². The predicted octanol–water partition coefficient (Wildman–Crippen LogP) is 0.743. The lowest BCUT2D eigenvalue weighted by atomic mass is 9.61. The first-order valence-corrected chi connectivity index (χ1v) is 7.50. The number of piperidine rings is 2. The summed E-state index contributed by atoms with van der Waals surface area (Å²) in [7, 11) is 0. The van der Waals surface area contributed by atoms with Gasteiger partial charge in [0.1, 0.15) is 5.76 Å². The van der Waals surface area contributed by atoms with Crippen LogP contribution in [-0.4, -0.2) is 55.6 Å². The van der Waals surface area contributed by atoms with Crippen LogP contribution in [0.25, 0.3) is 0 Å². The van der Waals surface area contributed by atoms with Crippen molar-refractivity contribution in [2.45, 2.75) is 11.8 Å². The maximum absolute atomic E-state index is 5.90. The fraction of sp³-hybridized carbons (Fsp3) is 0.733. The van der Waals surface area contributed by atoms with E-state index in [0.29, 0.717) is 5.92 Å². The Kier molecular flexibility index (Phi) is 2.72. The van der Waals surface area contributed by atoms with Crippen LogP contribution in [0.4, 0.5) is 0 Å². The number of furan rings is 1. The number of hydrogen-bond donors (Lipinski definition) is 1. The van der Waals surface area contributed by atoms with Gasteiger partial charge in [-0.2, -0.15) is 0 Å². The molecular formula is C15H23N3O. The van der Waals surface area contributed by atoms with E-state index in [9.17, 15) is 0 Å². The summed E-state index contributed by atoms with van der Waals surface area (Å²) < 4.78 is 5.86. The van der Waals surface area contributed by atoms with Gasteiger partial charge in [-0.05, 0) is 36.9 Å². The molecule has 0 amide bonds. The third-order valence-corrected chi connectivity index (χ3v) is 5.50. The Morgan fingerprint density at radius 2 is 2.00 bits per heavy atom. The van der Waals surface area contributed by atoms with Gasteiger partial charge in [0.25, 0.3) is 0 Å². The monoisotopic (exact) mass is 261 g/mol. The van der Waals surface area contributed by atoms with E-state index < -0.39 is 0 Å². The number of hydrogen-bond acceptors (Lipinski definition) is 4. The van der Waals surface area contributed by atoms with E-state index >= 15 is 0 Å². The molecule has 4 nitrogen and oxygen atoms in total. The molecule has 2 N–H and O–H groups in total. The van der Waals surface area contributed by atoms with Crippen LogP contribution in [0.5, 0.6) is 0 Å². The molecule has 5 rings (SSSR count). The van der Waals surface area contributed by atoms with Crippen molar-refractivity contribution in [3.05, 3.63) is 24.2 Å². The second kappa shape index (κ2) is 4.33. The Morgan fingerprint density at radius 3 is 2.58 bits per heavy atom. The van der Waals surface area contributed by atoms with Gasteiger partial charge in [-0.1, -0.05) is 0 Å². The van der Waals surface area contributed by atoms with Gasteiger partial charge in [0.2, 0.25) is 0 Å². The van der Waals surface area contributed by atoms with Crippen molar-refractivity contribution in [3.8, 4) is 0 Å². The molecule has 1 aromatic rings. The lowest BCUT2D eigenvalue weighted by Gasteiger charge is -2.54. The minimum absolute atomic E-state index is 0.181. The highest BCUT2D eigenvalue weighted by Gasteiger charge is 2.55. The van der Waals surface area contributed by atoms with Crippen molar-refractivity contribution < 1.29 is 4.42 Å². The highest BCUT2D eigenvalue weighted by Crippen LogP contribution is 2.48. The Hall–Kier alpha value is -0.840.